The van der Waals surface area contributed by atoms with Gasteiger partial charge in [-0.15, -0.1) is 11.8 Å². The van der Waals surface area contributed by atoms with Crippen LogP contribution in [0.4, 0.5) is 0 Å². The first-order valence-electron chi connectivity index (χ1n) is 6.87. The first-order chi connectivity index (χ1) is 9.36. The van der Waals surface area contributed by atoms with Gasteiger partial charge in [-0.3, -0.25) is 0 Å². The van der Waals surface area contributed by atoms with Crippen molar-refractivity contribution in [3.8, 4) is 0 Å². The molecular weight excluding hydrogens is 271 g/mol. The highest BCUT2D eigenvalue weighted by atomic mass is 32.2. The van der Waals surface area contributed by atoms with Crippen molar-refractivity contribution < 1.29 is 14.0 Å². The lowest BCUT2D eigenvalue weighted by molar-refractivity contribution is 0.00578. The van der Waals surface area contributed by atoms with Crippen molar-refractivity contribution in [2.75, 3.05) is 13.0 Å². The molecule has 2 rings (SSSR count). The monoisotopic (exact) mass is 294 g/mol. The third kappa shape index (κ3) is 3.39. The Bertz CT molecular complexity index is 446. The van der Waals surface area contributed by atoms with E-state index in [2.05, 4.69) is 52.0 Å². The zero-order chi connectivity index (χ0) is 14.8. The Hall–Kier alpha value is -0.485. The second kappa shape index (κ2) is 6.10. The molecule has 1 saturated heterocycles. The molecule has 1 aromatic rings. The standard InChI is InChI=1S/C15H23BO3S/c1-14(2)15(3,4)19-16(18-14)13-8-6-7-12(9-13)10-20-11-17-5/h6-9H,10-11H2,1-5H3. The Morgan fingerprint density at radius 3 is 2.40 bits per heavy atom. The van der Waals surface area contributed by atoms with Crippen molar-refractivity contribution in [2.45, 2.75) is 44.6 Å². The summed E-state index contributed by atoms with van der Waals surface area (Å²) in [7, 11) is 1.43. The van der Waals surface area contributed by atoms with E-state index in [-0.39, 0.29) is 18.3 Å². The maximum atomic E-state index is 6.08. The summed E-state index contributed by atoms with van der Waals surface area (Å²) in [5, 5.41) is 0. The lowest BCUT2D eigenvalue weighted by Gasteiger charge is -2.32. The molecule has 1 aliphatic rings. The maximum Gasteiger partial charge on any atom is 0.494 e. The van der Waals surface area contributed by atoms with Gasteiger partial charge in [0.2, 0.25) is 0 Å². The molecule has 20 heavy (non-hydrogen) atoms. The second-order valence-corrected chi connectivity index (χ2v) is 7.02. The van der Waals surface area contributed by atoms with Gasteiger partial charge in [0.05, 0.1) is 17.1 Å². The molecule has 1 fully saturated rings. The van der Waals surface area contributed by atoms with Crippen LogP contribution >= 0.6 is 11.8 Å². The third-order valence-electron chi connectivity index (χ3n) is 3.95. The minimum absolute atomic E-state index is 0.285. The van der Waals surface area contributed by atoms with Gasteiger partial charge in [-0.25, -0.2) is 0 Å². The van der Waals surface area contributed by atoms with Crippen LogP contribution in [0.5, 0.6) is 0 Å². The molecule has 0 atom stereocenters. The zero-order valence-electron chi connectivity index (χ0n) is 12.9. The summed E-state index contributed by atoms with van der Waals surface area (Å²) in [5.74, 6) is 1.64. The lowest BCUT2D eigenvalue weighted by atomic mass is 9.78. The van der Waals surface area contributed by atoms with Crippen LogP contribution in [0.3, 0.4) is 0 Å². The number of benzene rings is 1. The van der Waals surface area contributed by atoms with Gasteiger partial charge in [0.1, 0.15) is 0 Å². The Morgan fingerprint density at radius 2 is 1.80 bits per heavy atom. The molecule has 1 heterocycles. The van der Waals surface area contributed by atoms with Crippen LogP contribution < -0.4 is 5.46 Å². The van der Waals surface area contributed by atoms with Crippen molar-refractivity contribution in [3.05, 3.63) is 29.8 Å². The van der Waals surface area contributed by atoms with Gasteiger partial charge in [0.15, 0.2) is 0 Å². The number of hydrogen-bond acceptors (Lipinski definition) is 4. The number of ether oxygens (including phenoxy) is 1. The van der Waals surface area contributed by atoms with E-state index in [1.165, 1.54) is 5.56 Å². The SMILES string of the molecule is COCSCc1cccc(B2OC(C)(C)C(C)(C)O2)c1. The van der Waals surface area contributed by atoms with Crippen LogP contribution in [0.1, 0.15) is 33.3 Å². The molecular formula is C15H23BO3S. The van der Waals surface area contributed by atoms with Crippen LogP contribution in [-0.4, -0.2) is 31.4 Å². The highest BCUT2D eigenvalue weighted by Gasteiger charge is 2.51. The normalized spacial score (nSPS) is 20.4. The first kappa shape index (κ1) is 15.9. The molecule has 0 bridgehead atoms. The number of rotatable bonds is 5. The average molecular weight is 294 g/mol. The van der Waals surface area contributed by atoms with Crippen LogP contribution in [0, 0.1) is 0 Å². The number of thioether (sulfide) groups is 1. The fourth-order valence-corrected chi connectivity index (χ4v) is 2.72. The topological polar surface area (TPSA) is 27.7 Å². The van der Waals surface area contributed by atoms with E-state index < -0.39 is 0 Å². The molecule has 3 nitrogen and oxygen atoms in total. The predicted molar refractivity (Wildman–Crippen MR) is 85.3 cm³/mol. The van der Waals surface area contributed by atoms with Crippen LogP contribution in [0.2, 0.25) is 0 Å². The predicted octanol–water partition coefficient (Wildman–Crippen LogP) is 2.82. The van der Waals surface area contributed by atoms with Gasteiger partial charge in [-0.2, -0.15) is 0 Å². The summed E-state index contributed by atoms with van der Waals surface area (Å²) in [6.07, 6.45) is 0. The summed E-state index contributed by atoms with van der Waals surface area (Å²) in [5.41, 5.74) is 1.76. The summed E-state index contributed by atoms with van der Waals surface area (Å²) < 4.78 is 17.2. The van der Waals surface area contributed by atoms with Crippen molar-refractivity contribution in [2.24, 2.45) is 0 Å². The van der Waals surface area contributed by atoms with Crippen molar-refractivity contribution >= 4 is 24.3 Å². The molecule has 0 radical (unpaired) electrons. The molecule has 110 valence electrons. The summed E-state index contributed by atoms with van der Waals surface area (Å²) in [6.45, 7) is 8.30. The summed E-state index contributed by atoms with van der Waals surface area (Å²) in [4.78, 5) is 0. The molecule has 0 N–H and O–H groups in total. The molecule has 0 aliphatic carbocycles. The van der Waals surface area contributed by atoms with Crippen molar-refractivity contribution in [3.63, 3.8) is 0 Å². The van der Waals surface area contributed by atoms with Crippen LogP contribution in [0.15, 0.2) is 24.3 Å². The molecule has 0 aromatic heterocycles. The Morgan fingerprint density at radius 1 is 1.15 bits per heavy atom. The molecule has 0 saturated carbocycles. The zero-order valence-corrected chi connectivity index (χ0v) is 13.8. The van der Waals surface area contributed by atoms with E-state index in [9.17, 15) is 0 Å². The average Bonchev–Trinajstić information content (AvgIpc) is 2.59. The minimum atomic E-state index is -0.293. The van der Waals surface area contributed by atoms with Crippen LogP contribution in [0.25, 0.3) is 0 Å². The fraction of sp³-hybridized carbons (Fsp3) is 0.600. The highest BCUT2D eigenvalue weighted by molar-refractivity contribution is 7.98. The van der Waals surface area contributed by atoms with Gasteiger partial charge < -0.3 is 14.0 Å². The van der Waals surface area contributed by atoms with Crippen molar-refractivity contribution in [1.82, 2.24) is 0 Å². The van der Waals surface area contributed by atoms with Crippen LogP contribution in [-0.2, 0) is 19.8 Å². The quantitative estimate of drug-likeness (QED) is 0.474. The van der Waals surface area contributed by atoms with E-state index in [0.29, 0.717) is 5.94 Å². The summed E-state index contributed by atoms with van der Waals surface area (Å²) >= 11 is 1.75. The number of methoxy groups -OCH3 is 1. The van der Waals surface area contributed by atoms with E-state index in [0.717, 1.165) is 11.2 Å². The summed E-state index contributed by atoms with van der Waals surface area (Å²) in [6, 6.07) is 8.40. The third-order valence-corrected chi connectivity index (χ3v) is 4.89. The number of hydrogen-bond donors (Lipinski definition) is 0. The van der Waals surface area contributed by atoms with Gasteiger partial charge in [0, 0.05) is 12.9 Å². The van der Waals surface area contributed by atoms with E-state index >= 15 is 0 Å². The fourth-order valence-electron chi connectivity index (χ4n) is 2.05. The molecule has 5 heteroatoms. The van der Waals surface area contributed by atoms with Gasteiger partial charge >= 0.3 is 7.12 Å². The maximum absolute atomic E-state index is 6.08. The van der Waals surface area contributed by atoms with Crippen molar-refractivity contribution in [1.29, 1.82) is 0 Å². The molecule has 1 aliphatic heterocycles. The molecule has 0 spiro atoms. The Balaban J connectivity index is 2.09. The van der Waals surface area contributed by atoms with Gasteiger partial charge in [0.25, 0.3) is 0 Å². The van der Waals surface area contributed by atoms with Gasteiger partial charge in [-0.05, 0) is 38.7 Å². The first-order valence-corrected chi connectivity index (χ1v) is 8.02. The highest BCUT2D eigenvalue weighted by Crippen LogP contribution is 2.36. The second-order valence-electron chi connectivity index (χ2n) is 6.09. The molecule has 1 aromatic carbocycles. The largest absolute Gasteiger partial charge is 0.494 e. The molecule has 0 unspecified atom stereocenters. The minimum Gasteiger partial charge on any atom is -0.399 e. The molecule has 0 amide bonds. The Kier molecular flexibility index (Phi) is 4.85. The van der Waals surface area contributed by atoms with Gasteiger partial charge in [-0.1, -0.05) is 24.3 Å². The Labute approximate surface area is 126 Å². The van der Waals surface area contributed by atoms with E-state index in [4.69, 9.17) is 14.0 Å². The van der Waals surface area contributed by atoms with E-state index in [1.807, 2.05) is 0 Å². The lowest BCUT2D eigenvalue weighted by Crippen LogP contribution is -2.41. The van der Waals surface area contributed by atoms with E-state index in [1.54, 1.807) is 18.9 Å². The smallest absolute Gasteiger partial charge is 0.399 e.